The molecule has 0 aliphatic heterocycles. The zero-order valence-electron chi connectivity index (χ0n) is 20.5. The number of rotatable bonds is 11. The van der Waals surface area contributed by atoms with Gasteiger partial charge in [-0.2, -0.15) is 0 Å². The van der Waals surface area contributed by atoms with Crippen molar-refractivity contribution in [1.82, 2.24) is 10.2 Å². The highest BCUT2D eigenvalue weighted by Crippen LogP contribution is 2.19. The monoisotopic (exact) mass is 476 g/mol. The van der Waals surface area contributed by atoms with Crippen molar-refractivity contribution in [3.05, 3.63) is 101 Å². The Labute approximate surface area is 206 Å². The molecular formula is C29H33FN2O3. The van der Waals surface area contributed by atoms with Crippen molar-refractivity contribution in [3.8, 4) is 5.75 Å². The van der Waals surface area contributed by atoms with E-state index in [4.69, 9.17) is 4.74 Å². The number of carbonyl (C=O) groups excluding carboxylic acids is 2. The second-order valence-corrected chi connectivity index (χ2v) is 8.69. The maximum atomic E-state index is 14.1. The lowest BCUT2D eigenvalue weighted by Crippen LogP contribution is -2.53. The number of amides is 2. The Kier molecular flexibility index (Phi) is 9.41. The van der Waals surface area contributed by atoms with E-state index in [1.807, 2.05) is 75.4 Å². The average molecular weight is 477 g/mol. The molecule has 5 nitrogen and oxygen atoms in total. The molecule has 0 radical (unpaired) electrons. The maximum Gasteiger partial charge on any atom is 0.261 e. The van der Waals surface area contributed by atoms with Crippen molar-refractivity contribution in [3.63, 3.8) is 0 Å². The standard InChI is InChI=1S/C29H33FN2O3/c1-4-22(3)31-29(34)26(18-23-13-6-5-7-14-23)32(19-24-15-9-8-12-21(24)2)28(33)20-35-27-17-11-10-16-25(27)30/h5-17,22,26H,4,18-20H2,1-3H3,(H,31,34). The average Bonchev–Trinajstić information content (AvgIpc) is 2.87. The van der Waals surface area contributed by atoms with E-state index in [0.717, 1.165) is 23.1 Å². The number of benzene rings is 3. The van der Waals surface area contributed by atoms with Crippen LogP contribution in [0.15, 0.2) is 78.9 Å². The number of hydrogen-bond acceptors (Lipinski definition) is 3. The normalized spacial score (nSPS) is 12.5. The van der Waals surface area contributed by atoms with Gasteiger partial charge in [-0.05, 0) is 49.1 Å². The second-order valence-electron chi connectivity index (χ2n) is 8.69. The lowest BCUT2D eigenvalue weighted by molar-refractivity contribution is -0.143. The van der Waals surface area contributed by atoms with Gasteiger partial charge in [-0.25, -0.2) is 4.39 Å². The number of nitrogens with one attached hydrogen (secondary N) is 1. The molecule has 35 heavy (non-hydrogen) atoms. The Balaban J connectivity index is 1.93. The summed E-state index contributed by atoms with van der Waals surface area (Å²) in [5.41, 5.74) is 2.89. The van der Waals surface area contributed by atoms with Crippen LogP contribution in [0.25, 0.3) is 0 Å². The zero-order valence-corrected chi connectivity index (χ0v) is 20.5. The molecule has 0 aliphatic carbocycles. The summed E-state index contributed by atoms with van der Waals surface area (Å²) in [6, 6.07) is 22.5. The number of hydrogen-bond donors (Lipinski definition) is 1. The highest BCUT2D eigenvalue weighted by molar-refractivity contribution is 5.88. The number of para-hydroxylation sites is 1. The highest BCUT2D eigenvalue weighted by atomic mass is 19.1. The highest BCUT2D eigenvalue weighted by Gasteiger charge is 2.31. The molecule has 0 spiro atoms. The first-order valence-electron chi connectivity index (χ1n) is 11.9. The number of halogens is 1. The van der Waals surface area contributed by atoms with Crippen LogP contribution in [0.3, 0.4) is 0 Å². The Hall–Kier alpha value is -3.67. The molecule has 184 valence electrons. The summed E-state index contributed by atoms with van der Waals surface area (Å²) < 4.78 is 19.6. The van der Waals surface area contributed by atoms with Gasteiger partial charge in [-0.1, -0.05) is 73.7 Å². The lowest BCUT2D eigenvalue weighted by Gasteiger charge is -2.32. The molecule has 3 aromatic carbocycles. The fraction of sp³-hybridized carbons (Fsp3) is 0.310. The van der Waals surface area contributed by atoms with E-state index in [1.165, 1.54) is 12.1 Å². The lowest BCUT2D eigenvalue weighted by atomic mass is 10.0. The number of aryl methyl sites for hydroxylation is 1. The molecule has 0 saturated carbocycles. The minimum absolute atomic E-state index is 0.000331. The van der Waals surface area contributed by atoms with Crippen LogP contribution in [-0.4, -0.2) is 35.4 Å². The molecule has 2 amide bonds. The van der Waals surface area contributed by atoms with Gasteiger partial charge in [-0.3, -0.25) is 9.59 Å². The molecule has 0 aromatic heterocycles. The van der Waals surface area contributed by atoms with Gasteiger partial charge in [0.15, 0.2) is 18.2 Å². The Morgan fingerprint density at radius 1 is 0.971 bits per heavy atom. The van der Waals surface area contributed by atoms with Crippen LogP contribution in [-0.2, 0) is 22.6 Å². The molecule has 2 atom stereocenters. The molecule has 0 saturated heterocycles. The van der Waals surface area contributed by atoms with Gasteiger partial charge in [0.1, 0.15) is 6.04 Å². The van der Waals surface area contributed by atoms with Crippen LogP contribution in [0, 0.1) is 12.7 Å². The Morgan fingerprint density at radius 3 is 2.31 bits per heavy atom. The van der Waals surface area contributed by atoms with Crippen LogP contribution in [0.5, 0.6) is 5.75 Å². The van der Waals surface area contributed by atoms with Crippen LogP contribution >= 0.6 is 0 Å². The Bertz CT molecular complexity index is 1120. The van der Waals surface area contributed by atoms with Crippen LogP contribution < -0.4 is 10.1 Å². The summed E-state index contributed by atoms with van der Waals surface area (Å²) in [6.45, 7) is 5.76. The van der Waals surface area contributed by atoms with Gasteiger partial charge in [0.2, 0.25) is 5.91 Å². The Morgan fingerprint density at radius 2 is 1.63 bits per heavy atom. The topological polar surface area (TPSA) is 58.6 Å². The zero-order chi connectivity index (χ0) is 25.2. The van der Waals surface area contributed by atoms with E-state index >= 15 is 0 Å². The summed E-state index contributed by atoms with van der Waals surface area (Å²) in [7, 11) is 0. The molecule has 3 aromatic rings. The van der Waals surface area contributed by atoms with E-state index in [1.54, 1.807) is 17.0 Å². The summed E-state index contributed by atoms with van der Waals surface area (Å²) in [4.78, 5) is 28.5. The summed E-state index contributed by atoms with van der Waals surface area (Å²) in [5.74, 6) is -1.16. The fourth-order valence-corrected chi connectivity index (χ4v) is 3.75. The SMILES string of the molecule is CCC(C)NC(=O)C(Cc1ccccc1)N(Cc1ccccc1C)C(=O)COc1ccccc1F. The van der Waals surface area contributed by atoms with Gasteiger partial charge < -0.3 is 15.0 Å². The first-order chi connectivity index (χ1) is 16.9. The number of ether oxygens (including phenoxy) is 1. The molecular weight excluding hydrogens is 443 g/mol. The first kappa shape index (κ1) is 25.9. The van der Waals surface area contributed by atoms with E-state index in [9.17, 15) is 14.0 Å². The molecule has 1 N–H and O–H groups in total. The molecule has 3 rings (SSSR count). The third-order valence-corrected chi connectivity index (χ3v) is 6.06. The summed E-state index contributed by atoms with van der Waals surface area (Å²) >= 11 is 0. The van der Waals surface area contributed by atoms with Crippen LogP contribution in [0.4, 0.5) is 4.39 Å². The smallest absolute Gasteiger partial charge is 0.261 e. The van der Waals surface area contributed by atoms with Crippen molar-refractivity contribution >= 4 is 11.8 Å². The minimum atomic E-state index is -0.761. The molecule has 6 heteroatoms. The molecule has 0 aliphatic rings. The first-order valence-corrected chi connectivity index (χ1v) is 11.9. The molecule has 2 unspecified atom stereocenters. The number of carbonyl (C=O) groups is 2. The number of nitrogens with zero attached hydrogens (tertiary/aromatic N) is 1. The van der Waals surface area contributed by atoms with Crippen LogP contribution in [0.1, 0.15) is 37.0 Å². The van der Waals surface area contributed by atoms with Crippen molar-refractivity contribution < 1.29 is 18.7 Å². The van der Waals surface area contributed by atoms with Crippen molar-refractivity contribution in [2.24, 2.45) is 0 Å². The van der Waals surface area contributed by atoms with Gasteiger partial charge in [0.25, 0.3) is 5.91 Å². The van der Waals surface area contributed by atoms with Crippen molar-refractivity contribution in [2.45, 2.75) is 52.2 Å². The molecule has 0 bridgehead atoms. The van der Waals surface area contributed by atoms with E-state index in [2.05, 4.69) is 5.32 Å². The quantitative estimate of drug-likeness (QED) is 0.421. The van der Waals surface area contributed by atoms with E-state index < -0.39 is 17.8 Å². The fourth-order valence-electron chi connectivity index (χ4n) is 3.75. The maximum absolute atomic E-state index is 14.1. The van der Waals surface area contributed by atoms with Gasteiger partial charge in [0, 0.05) is 19.0 Å². The van der Waals surface area contributed by atoms with Crippen LogP contribution in [0.2, 0.25) is 0 Å². The molecule has 0 fully saturated rings. The third kappa shape index (κ3) is 7.41. The predicted molar refractivity (Wildman–Crippen MR) is 135 cm³/mol. The van der Waals surface area contributed by atoms with Gasteiger partial charge in [0.05, 0.1) is 0 Å². The van der Waals surface area contributed by atoms with Gasteiger partial charge in [-0.15, -0.1) is 0 Å². The van der Waals surface area contributed by atoms with Crippen molar-refractivity contribution in [2.75, 3.05) is 6.61 Å². The van der Waals surface area contributed by atoms with Gasteiger partial charge >= 0.3 is 0 Å². The predicted octanol–water partition coefficient (Wildman–Crippen LogP) is 5.07. The van der Waals surface area contributed by atoms with E-state index in [-0.39, 0.29) is 30.9 Å². The summed E-state index contributed by atoms with van der Waals surface area (Å²) in [5, 5.41) is 3.03. The minimum Gasteiger partial charge on any atom is -0.481 e. The largest absolute Gasteiger partial charge is 0.481 e. The molecule has 0 heterocycles. The summed E-state index contributed by atoms with van der Waals surface area (Å²) in [6.07, 6.45) is 1.12. The third-order valence-electron chi connectivity index (χ3n) is 6.06. The van der Waals surface area contributed by atoms with Crippen molar-refractivity contribution in [1.29, 1.82) is 0 Å². The van der Waals surface area contributed by atoms with E-state index in [0.29, 0.717) is 6.42 Å². The second kappa shape index (κ2) is 12.7.